The molecule has 20 heavy (non-hydrogen) atoms. The Kier molecular flexibility index (Phi) is 3.26. The zero-order valence-electron chi connectivity index (χ0n) is 11.6. The number of rotatable bonds is 1. The topological polar surface area (TPSA) is 53.7 Å². The van der Waals surface area contributed by atoms with E-state index in [4.69, 9.17) is 4.42 Å². The van der Waals surface area contributed by atoms with Crippen LogP contribution in [0.1, 0.15) is 36.7 Å². The van der Waals surface area contributed by atoms with Gasteiger partial charge in [0.1, 0.15) is 5.58 Å². The molecule has 0 radical (unpaired) electrons. The van der Waals surface area contributed by atoms with Crippen molar-refractivity contribution in [1.82, 2.24) is 4.90 Å². The molecule has 0 saturated carbocycles. The summed E-state index contributed by atoms with van der Waals surface area (Å²) in [5.41, 5.74) is 0.0702. The SMILES string of the molecule is CC1(O)CCCN(C(=O)c2cc3ccccc3o2)CC1. The van der Waals surface area contributed by atoms with E-state index < -0.39 is 5.60 Å². The molecule has 4 nitrogen and oxygen atoms in total. The normalized spacial score (nSPS) is 23.8. The van der Waals surface area contributed by atoms with Crippen LogP contribution in [-0.2, 0) is 0 Å². The number of likely N-dealkylation sites (tertiary alicyclic amines) is 1. The number of hydrogen-bond acceptors (Lipinski definition) is 3. The third kappa shape index (κ3) is 2.56. The standard InChI is InChI=1S/C16H19NO3/c1-16(19)7-4-9-17(10-8-16)15(18)14-11-12-5-2-3-6-13(12)20-14/h2-3,5-6,11,19H,4,7-10H2,1H3. The third-order valence-electron chi connectivity index (χ3n) is 3.99. The highest BCUT2D eigenvalue weighted by Crippen LogP contribution is 2.24. The van der Waals surface area contributed by atoms with Gasteiger partial charge >= 0.3 is 0 Å². The Bertz CT molecular complexity index is 596. The number of amides is 1. The van der Waals surface area contributed by atoms with Crippen molar-refractivity contribution < 1.29 is 14.3 Å². The maximum absolute atomic E-state index is 12.5. The quantitative estimate of drug-likeness (QED) is 0.869. The monoisotopic (exact) mass is 273 g/mol. The Hall–Kier alpha value is -1.81. The summed E-state index contributed by atoms with van der Waals surface area (Å²) < 4.78 is 5.62. The number of fused-ring (bicyclic) bond motifs is 1. The fourth-order valence-corrected chi connectivity index (χ4v) is 2.71. The summed E-state index contributed by atoms with van der Waals surface area (Å²) in [7, 11) is 0. The first-order chi connectivity index (χ1) is 9.55. The van der Waals surface area contributed by atoms with Gasteiger partial charge in [-0.15, -0.1) is 0 Å². The highest BCUT2D eigenvalue weighted by molar-refractivity contribution is 5.96. The van der Waals surface area contributed by atoms with E-state index in [-0.39, 0.29) is 5.91 Å². The van der Waals surface area contributed by atoms with Gasteiger partial charge in [-0.05, 0) is 38.3 Å². The minimum Gasteiger partial charge on any atom is -0.451 e. The van der Waals surface area contributed by atoms with E-state index in [2.05, 4.69) is 0 Å². The van der Waals surface area contributed by atoms with Gasteiger partial charge in [0.15, 0.2) is 5.76 Å². The van der Waals surface area contributed by atoms with Crippen molar-refractivity contribution in [2.24, 2.45) is 0 Å². The Morgan fingerprint density at radius 3 is 2.90 bits per heavy atom. The lowest BCUT2D eigenvalue weighted by Gasteiger charge is -2.21. The molecule has 1 fully saturated rings. The number of benzene rings is 1. The lowest BCUT2D eigenvalue weighted by Crippen LogP contribution is -2.33. The largest absolute Gasteiger partial charge is 0.451 e. The lowest BCUT2D eigenvalue weighted by atomic mass is 9.98. The average molecular weight is 273 g/mol. The summed E-state index contributed by atoms with van der Waals surface area (Å²) in [6, 6.07) is 9.40. The van der Waals surface area contributed by atoms with Gasteiger partial charge in [-0.3, -0.25) is 4.79 Å². The van der Waals surface area contributed by atoms with E-state index in [9.17, 15) is 9.90 Å². The first kappa shape index (κ1) is 13.2. The molecular weight excluding hydrogens is 254 g/mol. The van der Waals surface area contributed by atoms with Crippen molar-refractivity contribution >= 4 is 16.9 Å². The van der Waals surface area contributed by atoms with E-state index in [0.29, 0.717) is 25.3 Å². The Labute approximate surface area is 118 Å². The first-order valence-electron chi connectivity index (χ1n) is 7.05. The van der Waals surface area contributed by atoms with Gasteiger partial charge in [-0.2, -0.15) is 0 Å². The molecule has 1 saturated heterocycles. The number of aliphatic hydroxyl groups is 1. The molecule has 2 heterocycles. The number of carbonyl (C=O) groups is 1. The van der Waals surface area contributed by atoms with Crippen molar-refractivity contribution in [3.05, 3.63) is 36.1 Å². The van der Waals surface area contributed by atoms with Gasteiger partial charge < -0.3 is 14.4 Å². The summed E-state index contributed by atoms with van der Waals surface area (Å²) in [4.78, 5) is 14.3. The van der Waals surface area contributed by atoms with Crippen LogP contribution in [-0.4, -0.2) is 34.6 Å². The second kappa shape index (κ2) is 4.94. The van der Waals surface area contributed by atoms with Crippen LogP contribution in [0.3, 0.4) is 0 Å². The van der Waals surface area contributed by atoms with Crippen molar-refractivity contribution in [1.29, 1.82) is 0 Å². The first-order valence-corrected chi connectivity index (χ1v) is 7.05. The van der Waals surface area contributed by atoms with Crippen LogP contribution < -0.4 is 0 Å². The highest BCUT2D eigenvalue weighted by Gasteiger charge is 2.28. The molecule has 1 N–H and O–H groups in total. The van der Waals surface area contributed by atoms with Crippen molar-refractivity contribution in [2.75, 3.05) is 13.1 Å². The van der Waals surface area contributed by atoms with E-state index >= 15 is 0 Å². The summed E-state index contributed by atoms with van der Waals surface area (Å²) >= 11 is 0. The van der Waals surface area contributed by atoms with Crippen LogP contribution in [0.5, 0.6) is 0 Å². The van der Waals surface area contributed by atoms with Crippen LogP contribution in [0.15, 0.2) is 34.7 Å². The second-order valence-corrected chi connectivity index (χ2v) is 5.79. The Balaban J connectivity index is 1.81. The lowest BCUT2D eigenvalue weighted by molar-refractivity contribution is 0.0434. The summed E-state index contributed by atoms with van der Waals surface area (Å²) in [5.74, 6) is 0.298. The van der Waals surface area contributed by atoms with E-state index in [1.54, 1.807) is 11.0 Å². The van der Waals surface area contributed by atoms with Gasteiger partial charge in [0.2, 0.25) is 0 Å². The van der Waals surface area contributed by atoms with Gasteiger partial charge in [0.25, 0.3) is 5.91 Å². The average Bonchev–Trinajstić information content (AvgIpc) is 2.77. The predicted octanol–water partition coefficient (Wildman–Crippen LogP) is 2.81. The van der Waals surface area contributed by atoms with Crippen LogP contribution in [0.4, 0.5) is 0 Å². The fourth-order valence-electron chi connectivity index (χ4n) is 2.71. The number of nitrogens with zero attached hydrogens (tertiary/aromatic N) is 1. The minimum atomic E-state index is -0.664. The van der Waals surface area contributed by atoms with Gasteiger partial charge in [-0.1, -0.05) is 18.2 Å². The molecule has 1 aliphatic heterocycles. The van der Waals surface area contributed by atoms with Crippen LogP contribution >= 0.6 is 0 Å². The van der Waals surface area contributed by atoms with Crippen LogP contribution in [0.25, 0.3) is 11.0 Å². The molecule has 1 aliphatic rings. The molecule has 0 spiro atoms. The molecule has 4 heteroatoms. The molecule has 2 aromatic rings. The van der Waals surface area contributed by atoms with E-state index in [0.717, 1.165) is 23.8 Å². The smallest absolute Gasteiger partial charge is 0.289 e. The molecule has 1 amide bonds. The Morgan fingerprint density at radius 1 is 1.30 bits per heavy atom. The molecule has 1 aromatic carbocycles. The van der Waals surface area contributed by atoms with Crippen LogP contribution in [0.2, 0.25) is 0 Å². The summed E-state index contributed by atoms with van der Waals surface area (Å²) in [6.45, 7) is 3.08. The minimum absolute atomic E-state index is 0.0844. The maximum atomic E-state index is 12.5. The number of carbonyl (C=O) groups excluding carboxylic acids is 1. The summed E-state index contributed by atoms with van der Waals surface area (Å²) in [6.07, 6.45) is 2.16. The zero-order valence-corrected chi connectivity index (χ0v) is 11.6. The highest BCUT2D eigenvalue weighted by atomic mass is 16.3. The number of para-hydroxylation sites is 1. The zero-order chi connectivity index (χ0) is 14.2. The van der Waals surface area contributed by atoms with E-state index in [1.165, 1.54) is 0 Å². The molecule has 3 rings (SSSR count). The molecule has 106 valence electrons. The van der Waals surface area contributed by atoms with Gasteiger partial charge in [-0.25, -0.2) is 0 Å². The molecule has 1 unspecified atom stereocenters. The molecular formula is C16H19NO3. The fraction of sp³-hybridized carbons (Fsp3) is 0.438. The molecule has 1 atom stereocenters. The number of hydrogen-bond donors (Lipinski definition) is 1. The summed E-state index contributed by atoms with van der Waals surface area (Å²) in [5, 5.41) is 11.0. The Morgan fingerprint density at radius 2 is 2.10 bits per heavy atom. The predicted molar refractivity (Wildman–Crippen MR) is 76.6 cm³/mol. The molecule has 1 aromatic heterocycles. The van der Waals surface area contributed by atoms with Crippen LogP contribution in [0, 0.1) is 0 Å². The maximum Gasteiger partial charge on any atom is 0.289 e. The van der Waals surface area contributed by atoms with Gasteiger partial charge in [0.05, 0.1) is 5.60 Å². The second-order valence-electron chi connectivity index (χ2n) is 5.79. The molecule has 0 aliphatic carbocycles. The van der Waals surface area contributed by atoms with Crippen molar-refractivity contribution in [3.63, 3.8) is 0 Å². The van der Waals surface area contributed by atoms with Crippen molar-refractivity contribution in [2.45, 2.75) is 31.8 Å². The van der Waals surface area contributed by atoms with Gasteiger partial charge in [0, 0.05) is 18.5 Å². The van der Waals surface area contributed by atoms with Crippen molar-refractivity contribution in [3.8, 4) is 0 Å². The number of furan rings is 1. The molecule has 0 bridgehead atoms. The third-order valence-corrected chi connectivity index (χ3v) is 3.99. The van der Waals surface area contributed by atoms with E-state index in [1.807, 2.05) is 31.2 Å².